The maximum atomic E-state index is 13.1. The van der Waals surface area contributed by atoms with Gasteiger partial charge in [-0.15, -0.1) is 0 Å². The Hall–Kier alpha value is -2.45. The predicted molar refractivity (Wildman–Crippen MR) is 90.1 cm³/mol. The van der Waals surface area contributed by atoms with Crippen LogP contribution in [0.2, 0.25) is 0 Å². The number of urea groups is 1. The first kappa shape index (κ1) is 22.8. The summed E-state index contributed by atoms with van der Waals surface area (Å²) in [5, 5.41) is -2.06. The fourth-order valence-corrected chi connectivity index (χ4v) is 2.78. The molecule has 158 valence electrons. The third-order valence-corrected chi connectivity index (χ3v) is 4.18. The fourth-order valence-electron chi connectivity index (χ4n) is 1.92. The molecule has 2 aromatic rings. The van der Waals surface area contributed by atoms with Crippen molar-refractivity contribution in [3.05, 3.63) is 41.0 Å². The van der Waals surface area contributed by atoms with Crippen LogP contribution in [0.3, 0.4) is 0 Å². The van der Waals surface area contributed by atoms with E-state index in [2.05, 4.69) is 19.2 Å². The number of nitrogens with zero attached hydrogens (tertiary/aromatic N) is 3. The third kappa shape index (κ3) is 6.27. The summed E-state index contributed by atoms with van der Waals surface area (Å²) in [6.45, 7) is 2.63. The van der Waals surface area contributed by atoms with Gasteiger partial charge in [0, 0.05) is 0 Å². The fraction of sp³-hybridized carbons (Fsp3) is 0.286. The first-order valence-electron chi connectivity index (χ1n) is 7.41. The quantitative estimate of drug-likeness (QED) is 0.402. The number of carbonyl (C=O) groups excluding carboxylic acids is 1. The van der Waals surface area contributed by atoms with Gasteiger partial charge in [0.1, 0.15) is 5.82 Å². The highest BCUT2D eigenvalue weighted by Crippen LogP contribution is 2.34. The van der Waals surface area contributed by atoms with Gasteiger partial charge in [-0.05, 0) is 37.6 Å². The summed E-state index contributed by atoms with van der Waals surface area (Å²) >= 11 is 2.06. The van der Waals surface area contributed by atoms with E-state index in [1.54, 1.807) is 5.48 Å². The summed E-state index contributed by atoms with van der Waals surface area (Å²) in [6.07, 6.45) is -4.81. The molecule has 0 saturated carbocycles. The zero-order valence-corrected chi connectivity index (χ0v) is 16.0. The highest BCUT2D eigenvalue weighted by molar-refractivity contribution is 7.80. The number of aryl methyl sites for hydroxylation is 2. The molecule has 0 aliphatic heterocycles. The van der Waals surface area contributed by atoms with Crippen molar-refractivity contribution in [2.24, 2.45) is 0 Å². The Labute approximate surface area is 167 Å². The Morgan fingerprint density at radius 1 is 1.14 bits per heavy atom. The molecule has 0 bridgehead atoms. The number of rotatable bonds is 5. The summed E-state index contributed by atoms with van der Waals surface area (Å²) in [6, 6.07) is 1.66. The van der Waals surface area contributed by atoms with E-state index in [0.29, 0.717) is 0 Å². The molecular weight excluding hydrogens is 449 g/mol. The van der Waals surface area contributed by atoms with Crippen molar-refractivity contribution in [2.45, 2.75) is 30.3 Å². The van der Waals surface area contributed by atoms with E-state index in [1.807, 2.05) is 5.32 Å². The summed E-state index contributed by atoms with van der Waals surface area (Å²) in [5.74, 6) is -1.99. The SMILES string of the molecule is Cc1ccc(S(=O)ONC(=O)Nc2nc(C)nc(C(F)(F)Cl)n2)c(C(F)(F)F)c1. The maximum absolute atomic E-state index is 13.1. The average Bonchev–Trinajstić information content (AvgIpc) is 2.57. The minimum Gasteiger partial charge on any atom is -0.274 e. The summed E-state index contributed by atoms with van der Waals surface area (Å²) in [7, 11) is 0. The molecule has 0 radical (unpaired) electrons. The molecule has 1 atom stereocenters. The number of benzene rings is 1. The third-order valence-electron chi connectivity index (χ3n) is 3.06. The number of amides is 2. The summed E-state index contributed by atoms with van der Waals surface area (Å²) in [4.78, 5) is 21.1. The molecule has 0 aliphatic carbocycles. The normalized spacial score (nSPS) is 13.1. The largest absolute Gasteiger partial charge is 0.417 e. The molecule has 1 aromatic heterocycles. The first-order chi connectivity index (χ1) is 13.3. The minimum atomic E-state index is -4.81. The van der Waals surface area contributed by atoms with E-state index in [9.17, 15) is 31.0 Å². The zero-order chi connectivity index (χ0) is 22.0. The van der Waals surface area contributed by atoms with Crippen LogP contribution in [0.5, 0.6) is 0 Å². The number of aromatic nitrogens is 3. The lowest BCUT2D eigenvalue weighted by atomic mass is 10.1. The maximum Gasteiger partial charge on any atom is 0.417 e. The average molecular weight is 460 g/mol. The standard InChI is InChI=1S/C14H11ClF5N5O3S/c1-6-3-4-9(8(5-6)14(18,19)20)29(27)28-25-12(26)24-11-22-7(2)21-10(23-11)13(15,16)17/h3-5H,1-2H3,(H2,21,22,23,24,25,26). The highest BCUT2D eigenvalue weighted by Gasteiger charge is 2.36. The number of hydrogen-bond donors (Lipinski definition) is 2. The molecular formula is C14H11ClF5N5O3S. The van der Waals surface area contributed by atoms with Gasteiger partial charge in [-0.25, -0.2) is 19.5 Å². The van der Waals surface area contributed by atoms with Crippen LogP contribution in [0.4, 0.5) is 32.7 Å². The summed E-state index contributed by atoms with van der Waals surface area (Å²) in [5.41, 5.74) is 0.618. The lowest BCUT2D eigenvalue weighted by molar-refractivity contribution is -0.140. The number of carbonyl (C=O) groups is 1. The number of hydroxylamine groups is 1. The lowest BCUT2D eigenvalue weighted by Gasteiger charge is -2.13. The summed E-state index contributed by atoms with van der Waals surface area (Å²) < 4.78 is 81.8. The van der Waals surface area contributed by atoms with Crippen molar-refractivity contribution in [1.82, 2.24) is 20.4 Å². The Bertz CT molecular complexity index is 954. The first-order valence-corrected chi connectivity index (χ1v) is 8.86. The van der Waals surface area contributed by atoms with Crippen LogP contribution < -0.4 is 10.8 Å². The second-order valence-electron chi connectivity index (χ2n) is 5.40. The molecule has 1 aromatic carbocycles. The molecule has 2 rings (SSSR count). The molecule has 1 unspecified atom stereocenters. The van der Waals surface area contributed by atoms with Gasteiger partial charge in [0.25, 0.3) is 0 Å². The van der Waals surface area contributed by atoms with Crippen LogP contribution in [0.1, 0.15) is 22.8 Å². The van der Waals surface area contributed by atoms with Crippen LogP contribution in [0, 0.1) is 13.8 Å². The highest BCUT2D eigenvalue weighted by atomic mass is 35.5. The van der Waals surface area contributed by atoms with E-state index in [4.69, 9.17) is 11.6 Å². The van der Waals surface area contributed by atoms with Gasteiger partial charge in [0.15, 0.2) is 0 Å². The van der Waals surface area contributed by atoms with Crippen molar-refractivity contribution in [3.63, 3.8) is 0 Å². The number of alkyl halides is 6. The lowest BCUT2D eigenvalue weighted by Crippen LogP contribution is -2.31. The number of nitrogens with one attached hydrogen (secondary N) is 2. The Morgan fingerprint density at radius 3 is 2.38 bits per heavy atom. The monoisotopic (exact) mass is 459 g/mol. The van der Waals surface area contributed by atoms with Crippen LogP contribution in [-0.4, -0.2) is 25.2 Å². The molecule has 15 heteroatoms. The molecule has 29 heavy (non-hydrogen) atoms. The van der Waals surface area contributed by atoms with E-state index < -0.39 is 50.9 Å². The van der Waals surface area contributed by atoms with Gasteiger partial charge in [0.05, 0.1) is 10.5 Å². The molecule has 0 saturated heterocycles. The molecule has 1 heterocycles. The zero-order valence-electron chi connectivity index (χ0n) is 14.5. The van der Waals surface area contributed by atoms with E-state index in [0.717, 1.165) is 12.1 Å². The van der Waals surface area contributed by atoms with E-state index in [-0.39, 0.29) is 11.4 Å². The van der Waals surface area contributed by atoms with Gasteiger partial charge < -0.3 is 0 Å². The Balaban J connectivity index is 2.09. The van der Waals surface area contributed by atoms with Gasteiger partial charge in [-0.2, -0.15) is 36.2 Å². The van der Waals surface area contributed by atoms with Gasteiger partial charge in [-0.3, -0.25) is 5.32 Å². The van der Waals surface area contributed by atoms with Gasteiger partial charge in [-0.1, -0.05) is 11.6 Å². The smallest absolute Gasteiger partial charge is 0.274 e. The molecule has 0 spiro atoms. The molecule has 0 aliphatic rings. The van der Waals surface area contributed by atoms with Crippen molar-refractivity contribution in [3.8, 4) is 0 Å². The van der Waals surface area contributed by atoms with Gasteiger partial charge >= 0.3 is 17.6 Å². The molecule has 2 amide bonds. The topological polar surface area (TPSA) is 106 Å². The van der Waals surface area contributed by atoms with Crippen LogP contribution in [0.25, 0.3) is 0 Å². The van der Waals surface area contributed by atoms with Crippen LogP contribution in [-0.2, 0) is 26.9 Å². The van der Waals surface area contributed by atoms with Crippen molar-refractivity contribution < 1.29 is 35.2 Å². The van der Waals surface area contributed by atoms with Crippen molar-refractivity contribution in [1.29, 1.82) is 0 Å². The number of halogens is 6. The minimum absolute atomic E-state index is 0.204. The molecule has 2 N–H and O–H groups in total. The van der Waals surface area contributed by atoms with E-state index >= 15 is 0 Å². The Morgan fingerprint density at radius 2 is 1.79 bits per heavy atom. The van der Waals surface area contributed by atoms with Crippen LogP contribution >= 0.6 is 11.6 Å². The second-order valence-corrected chi connectivity index (χ2v) is 6.95. The van der Waals surface area contributed by atoms with Gasteiger partial charge in [0.2, 0.25) is 22.9 Å². The van der Waals surface area contributed by atoms with Crippen molar-refractivity contribution >= 4 is 34.7 Å². The number of hydrogen-bond acceptors (Lipinski definition) is 6. The molecule has 0 fully saturated rings. The predicted octanol–water partition coefficient (Wildman–Crippen LogP) is 3.57. The Kier molecular flexibility index (Phi) is 6.70. The second kappa shape index (κ2) is 8.51. The van der Waals surface area contributed by atoms with Crippen molar-refractivity contribution in [2.75, 3.05) is 5.32 Å². The molecule has 8 nitrogen and oxygen atoms in total. The number of anilines is 1. The van der Waals surface area contributed by atoms with Crippen LogP contribution in [0.15, 0.2) is 23.1 Å². The van der Waals surface area contributed by atoms with E-state index in [1.165, 1.54) is 19.9 Å².